The van der Waals surface area contributed by atoms with E-state index < -0.39 is 0 Å². The first-order valence-corrected chi connectivity index (χ1v) is 3.48. The Labute approximate surface area is 57.0 Å². The molecule has 0 aromatic rings. The Morgan fingerprint density at radius 2 is 2.11 bits per heavy atom. The average molecular weight is 122 g/mol. The molecule has 2 rings (SSSR count). The number of nitrogens with one attached hydrogen (secondary N) is 1. The summed E-state index contributed by atoms with van der Waals surface area (Å²) in [6.07, 6.45) is 0.738. The van der Waals surface area contributed by atoms with Gasteiger partial charge >= 0.3 is 0 Å². The predicted molar refractivity (Wildman–Crippen MR) is 37.5 cm³/mol. The monoisotopic (exact) mass is 122 g/mol. The van der Waals surface area contributed by atoms with Crippen LogP contribution in [0.1, 0.15) is 0 Å². The van der Waals surface area contributed by atoms with Gasteiger partial charge in [0.15, 0.2) is 0 Å². The summed E-state index contributed by atoms with van der Waals surface area (Å²) >= 11 is 0. The maximum absolute atomic E-state index is 5.44. The van der Waals surface area contributed by atoms with E-state index in [0.29, 0.717) is 5.41 Å². The Morgan fingerprint density at radius 3 is 2.44 bits per heavy atom. The van der Waals surface area contributed by atoms with Crippen molar-refractivity contribution in [2.45, 2.75) is 0 Å². The summed E-state index contributed by atoms with van der Waals surface area (Å²) in [6.45, 7) is 4.86. The lowest BCUT2D eigenvalue weighted by molar-refractivity contribution is -0.0273. The lowest BCUT2D eigenvalue weighted by Crippen LogP contribution is -2.71. The van der Waals surface area contributed by atoms with E-state index in [0.717, 1.165) is 6.44 Å². The van der Waals surface area contributed by atoms with Crippen molar-refractivity contribution in [2.75, 3.05) is 32.6 Å². The van der Waals surface area contributed by atoms with Crippen LogP contribution in [0.5, 0.6) is 0 Å². The van der Waals surface area contributed by atoms with Gasteiger partial charge in [0.2, 0.25) is 0 Å². The van der Waals surface area contributed by atoms with Crippen molar-refractivity contribution in [1.82, 2.24) is 10.2 Å². The quantitative estimate of drug-likeness (QED) is 0.449. The van der Waals surface area contributed by atoms with Crippen molar-refractivity contribution in [3.63, 3.8) is 0 Å². The van der Waals surface area contributed by atoms with E-state index in [9.17, 15) is 0 Å². The first-order chi connectivity index (χ1) is 4.35. The molecule has 0 amide bonds. The van der Waals surface area contributed by atoms with E-state index >= 15 is 0 Å². The number of hydrogen-bond acceptors (Lipinski definition) is 2. The highest BCUT2D eigenvalue weighted by molar-refractivity contribution is 6.08. The summed E-state index contributed by atoms with van der Waals surface area (Å²) in [5.41, 5.74) is 0.652. The highest BCUT2D eigenvalue weighted by Gasteiger charge is 2.46. The van der Waals surface area contributed by atoms with Crippen LogP contribution in [0, 0.1) is 5.41 Å². The zero-order chi connectivity index (χ0) is 6.32. The summed E-state index contributed by atoms with van der Waals surface area (Å²) in [5, 5.41) is 3.28. The van der Waals surface area contributed by atoms with Crippen LogP contribution >= 0.6 is 0 Å². The number of rotatable bonds is 1. The lowest BCUT2D eigenvalue weighted by Gasteiger charge is -2.56. The van der Waals surface area contributed by atoms with Crippen LogP contribution in [-0.4, -0.2) is 45.4 Å². The van der Waals surface area contributed by atoms with Gasteiger partial charge in [0.05, 0.1) is 7.85 Å². The third-order valence-electron chi connectivity index (χ3n) is 2.38. The summed E-state index contributed by atoms with van der Waals surface area (Å²) in [4.78, 5) is 2.28. The molecule has 0 aromatic carbocycles. The first-order valence-electron chi connectivity index (χ1n) is 3.48. The van der Waals surface area contributed by atoms with Gasteiger partial charge in [-0.25, -0.2) is 0 Å². The third-order valence-corrected chi connectivity index (χ3v) is 2.38. The van der Waals surface area contributed by atoms with Gasteiger partial charge in [0, 0.05) is 31.6 Å². The fourth-order valence-electron chi connectivity index (χ4n) is 1.73. The van der Waals surface area contributed by atoms with E-state index in [4.69, 9.17) is 7.85 Å². The molecule has 2 nitrogen and oxygen atoms in total. The lowest BCUT2D eigenvalue weighted by atomic mass is 9.74. The van der Waals surface area contributed by atoms with Crippen molar-refractivity contribution in [1.29, 1.82) is 0 Å². The van der Waals surface area contributed by atoms with Crippen LogP contribution in [0.15, 0.2) is 0 Å². The molecular weight excluding hydrogens is 111 g/mol. The van der Waals surface area contributed by atoms with E-state index in [1.165, 1.54) is 26.2 Å². The van der Waals surface area contributed by atoms with Gasteiger partial charge < -0.3 is 10.2 Å². The number of nitrogens with zero attached hydrogens (tertiary/aromatic N) is 1. The maximum Gasteiger partial charge on any atom is 0.0863 e. The summed E-state index contributed by atoms with van der Waals surface area (Å²) in [5.74, 6) is 0. The first kappa shape index (κ1) is 5.75. The maximum atomic E-state index is 5.44. The largest absolute Gasteiger partial charge is 0.315 e. The standard InChI is InChI=1S/C6H11BN2/c7-5-9-3-6(4-9)1-8-2-6/h8H,1-5H2. The molecule has 2 saturated heterocycles. The van der Waals surface area contributed by atoms with Crippen LogP contribution in [-0.2, 0) is 0 Å². The molecule has 48 valence electrons. The third kappa shape index (κ3) is 0.716. The number of likely N-dealkylation sites (tertiary alicyclic amines) is 1. The van der Waals surface area contributed by atoms with Crippen LogP contribution in [0.3, 0.4) is 0 Å². The average Bonchev–Trinajstić information content (AvgIpc) is 1.59. The van der Waals surface area contributed by atoms with Gasteiger partial charge in [-0.05, 0) is 6.44 Å². The van der Waals surface area contributed by atoms with E-state index in [1.54, 1.807) is 0 Å². The van der Waals surface area contributed by atoms with E-state index in [2.05, 4.69) is 10.2 Å². The summed E-state index contributed by atoms with van der Waals surface area (Å²) in [7, 11) is 5.44. The van der Waals surface area contributed by atoms with Crippen molar-refractivity contribution in [2.24, 2.45) is 5.41 Å². The molecule has 1 spiro atoms. The van der Waals surface area contributed by atoms with Crippen molar-refractivity contribution < 1.29 is 0 Å². The van der Waals surface area contributed by atoms with Gasteiger partial charge in [-0.15, -0.1) is 0 Å². The molecule has 0 saturated carbocycles. The molecule has 1 N–H and O–H groups in total. The Hall–Kier alpha value is -0.0151. The van der Waals surface area contributed by atoms with E-state index in [-0.39, 0.29) is 0 Å². The Kier molecular flexibility index (Phi) is 1.11. The predicted octanol–water partition coefficient (Wildman–Crippen LogP) is -0.982. The zero-order valence-electron chi connectivity index (χ0n) is 5.56. The van der Waals surface area contributed by atoms with Crippen LogP contribution in [0.2, 0.25) is 0 Å². The minimum atomic E-state index is 0.652. The summed E-state index contributed by atoms with van der Waals surface area (Å²) in [6, 6.07) is 0. The van der Waals surface area contributed by atoms with Gasteiger partial charge in [-0.3, -0.25) is 0 Å². The second kappa shape index (κ2) is 1.73. The Balaban J connectivity index is 1.82. The van der Waals surface area contributed by atoms with Crippen LogP contribution in [0.4, 0.5) is 0 Å². The van der Waals surface area contributed by atoms with Crippen molar-refractivity contribution in [3.05, 3.63) is 0 Å². The molecule has 2 heterocycles. The summed E-state index contributed by atoms with van der Waals surface area (Å²) < 4.78 is 0. The fourth-order valence-corrected chi connectivity index (χ4v) is 1.73. The SMILES string of the molecule is [B]CN1CC2(CNC2)C1. The Bertz CT molecular complexity index is 114. The molecule has 2 aliphatic heterocycles. The van der Waals surface area contributed by atoms with E-state index in [1.807, 2.05) is 0 Å². The fraction of sp³-hybridized carbons (Fsp3) is 1.00. The van der Waals surface area contributed by atoms with Crippen molar-refractivity contribution >= 4 is 7.85 Å². The smallest absolute Gasteiger partial charge is 0.0863 e. The van der Waals surface area contributed by atoms with Crippen molar-refractivity contribution in [3.8, 4) is 0 Å². The topological polar surface area (TPSA) is 15.3 Å². The van der Waals surface area contributed by atoms with Crippen LogP contribution in [0.25, 0.3) is 0 Å². The molecular formula is C6H11BN2. The minimum Gasteiger partial charge on any atom is -0.315 e. The van der Waals surface area contributed by atoms with Gasteiger partial charge in [-0.2, -0.15) is 0 Å². The number of hydrogen-bond donors (Lipinski definition) is 1. The molecule has 0 aliphatic carbocycles. The highest BCUT2D eigenvalue weighted by Crippen LogP contribution is 2.32. The normalized spacial score (nSPS) is 31.6. The molecule has 2 radical (unpaired) electrons. The molecule has 0 atom stereocenters. The van der Waals surface area contributed by atoms with Gasteiger partial charge in [0.25, 0.3) is 0 Å². The molecule has 0 unspecified atom stereocenters. The second-order valence-electron chi connectivity index (χ2n) is 3.27. The van der Waals surface area contributed by atoms with Gasteiger partial charge in [-0.1, -0.05) is 0 Å². The Morgan fingerprint density at radius 1 is 1.44 bits per heavy atom. The molecule has 9 heavy (non-hydrogen) atoms. The van der Waals surface area contributed by atoms with Crippen LogP contribution < -0.4 is 5.32 Å². The van der Waals surface area contributed by atoms with Gasteiger partial charge in [0.1, 0.15) is 0 Å². The second-order valence-corrected chi connectivity index (χ2v) is 3.27. The molecule has 0 bridgehead atoms. The molecule has 3 heteroatoms. The highest BCUT2D eigenvalue weighted by atomic mass is 15.2. The minimum absolute atomic E-state index is 0.652. The molecule has 2 aliphatic rings. The molecule has 2 fully saturated rings. The zero-order valence-corrected chi connectivity index (χ0v) is 5.56. The molecule has 0 aromatic heterocycles.